The van der Waals surface area contributed by atoms with Crippen LogP contribution in [0.15, 0.2) is 0 Å². The van der Waals surface area contributed by atoms with Gasteiger partial charge in [-0.05, 0) is 6.04 Å². The molecule has 1 N–H and O–H groups in total. The van der Waals surface area contributed by atoms with E-state index in [2.05, 4.69) is 6.92 Å². The molecule has 1 radical (unpaired) electrons. The van der Waals surface area contributed by atoms with Crippen LogP contribution in [0, 0.1) is 0 Å². The molecule has 0 aliphatic rings. The Kier molecular flexibility index (Phi) is 4.32. The van der Waals surface area contributed by atoms with Gasteiger partial charge in [0.2, 0.25) is 0 Å². The van der Waals surface area contributed by atoms with Crippen LogP contribution in [0.2, 0.25) is 6.04 Å². The van der Waals surface area contributed by atoms with E-state index in [-0.39, 0.29) is 9.76 Å². The van der Waals surface area contributed by atoms with Crippen LogP contribution < -0.4 is 0 Å². The minimum Gasteiger partial charge on any atom is -0.435 e. The van der Waals surface area contributed by atoms with E-state index in [1.54, 1.807) is 0 Å². The predicted molar refractivity (Wildman–Crippen MR) is 24.5 cm³/mol. The molecule has 0 unspecified atom stereocenters. The number of hydrogen-bond donors (Lipinski definition) is 1. The summed E-state index contributed by atoms with van der Waals surface area (Å²) in [7, 11) is -0.214. The molecule has 31 valence electrons. The molecule has 0 amide bonds. The Morgan fingerprint density at radius 3 is 2.40 bits per heavy atom. The smallest absolute Gasteiger partial charge is 0.188 e. The molecule has 1 nitrogen and oxygen atoms in total. The van der Waals surface area contributed by atoms with Crippen molar-refractivity contribution in [3.05, 3.63) is 0 Å². The molecule has 0 saturated carbocycles. The Balaban J connectivity index is 2.19. The lowest BCUT2D eigenvalue weighted by Crippen LogP contribution is -1.80. The highest BCUT2D eigenvalue weighted by Gasteiger charge is 1.72. The fraction of sp³-hybridized carbons (Fsp3) is 1.00. The van der Waals surface area contributed by atoms with Gasteiger partial charge in [-0.25, -0.2) is 0 Å². The molecule has 0 aromatic rings. The molecule has 0 fully saturated rings. The van der Waals surface area contributed by atoms with Crippen LogP contribution >= 0.6 is 0 Å². The van der Waals surface area contributed by atoms with Crippen LogP contribution in [0.5, 0.6) is 0 Å². The molecule has 0 spiro atoms. The van der Waals surface area contributed by atoms with Gasteiger partial charge in [0.05, 0.1) is 0 Å². The average Bonchev–Trinajstić information content (AvgIpc) is 1.41. The van der Waals surface area contributed by atoms with Crippen molar-refractivity contribution in [1.82, 2.24) is 0 Å². The van der Waals surface area contributed by atoms with Gasteiger partial charge in [-0.2, -0.15) is 0 Å². The van der Waals surface area contributed by atoms with Crippen molar-refractivity contribution in [1.29, 1.82) is 0 Å². The Bertz CT molecular complexity index is 14.4. The van der Waals surface area contributed by atoms with Crippen molar-refractivity contribution in [2.24, 2.45) is 0 Å². The fourth-order valence-corrected chi connectivity index (χ4v) is 0.387. The third-order valence-corrected chi connectivity index (χ3v) is 1.25. The van der Waals surface area contributed by atoms with E-state index in [0.717, 1.165) is 12.5 Å². The van der Waals surface area contributed by atoms with Crippen LogP contribution in [0.1, 0.15) is 13.3 Å². The molecular weight excluding hydrogens is 80.1 g/mol. The molecular formula is C3H9OSi. The topological polar surface area (TPSA) is 20.2 Å². The highest BCUT2D eigenvalue weighted by Crippen LogP contribution is 1.78. The van der Waals surface area contributed by atoms with E-state index >= 15 is 0 Å². The first-order valence-electron chi connectivity index (χ1n) is 1.87. The lowest BCUT2D eigenvalue weighted by atomic mass is 10.6. The first kappa shape index (κ1) is 5.18. The zero-order chi connectivity index (χ0) is 4.12. The summed E-state index contributed by atoms with van der Waals surface area (Å²) in [6.45, 7) is 2.07. The second-order valence-corrected chi connectivity index (χ2v) is 1.91. The summed E-state index contributed by atoms with van der Waals surface area (Å²) in [5, 5.41) is 0. The van der Waals surface area contributed by atoms with Crippen molar-refractivity contribution < 1.29 is 4.80 Å². The quantitative estimate of drug-likeness (QED) is 0.478. The van der Waals surface area contributed by atoms with Crippen LogP contribution in [0.4, 0.5) is 0 Å². The summed E-state index contributed by atoms with van der Waals surface area (Å²) in [6, 6.07) is 1.03. The molecule has 0 atom stereocenters. The summed E-state index contributed by atoms with van der Waals surface area (Å²) in [5.74, 6) is 0. The molecule has 0 heterocycles. The summed E-state index contributed by atoms with van der Waals surface area (Å²) in [6.07, 6.45) is 1.13. The van der Waals surface area contributed by atoms with Gasteiger partial charge in [0.1, 0.15) is 0 Å². The lowest BCUT2D eigenvalue weighted by Gasteiger charge is -1.76. The van der Waals surface area contributed by atoms with Gasteiger partial charge in [0.15, 0.2) is 9.76 Å². The van der Waals surface area contributed by atoms with E-state index in [0.29, 0.717) is 0 Å². The first-order chi connectivity index (χ1) is 2.41. The molecule has 0 bridgehead atoms. The summed E-state index contributed by atoms with van der Waals surface area (Å²) < 4.78 is 0. The monoisotopic (exact) mass is 89.0 g/mol. The number of hydrogen-bond acceptors (Lipinski definition) is 1. The van der Waals surface area contributed by atoms with Crippen molar-refractivity contribution >= 4 is 9.76 Å². The molecule has 0 aromatic heterocycles. The van der Waals surface area contributed by atoms with Crippen molar-refractivity contribution in [3.63, 3.8) is 0 Å². The maximum atomic E-state index is 8.15. The van der Waals surface area contributed by atoms with Crippen molar-refractivity contribution in [3.8, 4) is 0 Å². The Morgan fingerprint density at radius 1 is 1.80 bits per heavy atom. The minimum atomic E-state index is -0.214. The highest BCUT2D eigenvalue weighted by molar-refractivity contribution is 6.25. The predicted octanol–water partition coefficient (Wildman–Crippen LogP) is 0.158. The second kappa shape index (κ2) is 4.18. The molecule has 0 saturated heterocycles. The Labute approximate surface area is 35.0 Å². The summed E-state index contributed by atoms with van der Waals surface area (Å²) in [5.41, 5.74) is 0. The van der Waals surface area contributed by atoms with Gasteiger partial charge >= 0.3 is 0 Å². The maximum Gasteiger partial charge on any atom is 0.188 e. The third kappa shape index (κ3) is 4.18. The molecule has 2 heteroatoms. The second-order valence-electron chi connectivity index (χ2n) is 0.971. The SMILES string of the molecule is CCC[SiH]O. The zero-order valence-corrected chi connectivity index (χ0v) is 4.59. The lowest BCUT2D eigenvalue weighted by molar-refractivity contribution is 0.598. The van der Waals surface area contributed by atoms with Gasteiger partial charge in [0.25, 0.3) is 0 Å². The largest absolute Gasteiger partial charge is 0.435 e. The summed E-state index contributed by atoms with van der Waals surface area (Å²) >= 11 is 0. The van der Waals surface area contributed by atoms with Crippen LogP contribution in [-0.2, 0) is 0 Å². The maximum absolute atomic E-state index is 8.15. The van der Waals surface area contributed by atoms with Crippen molar-refractivity contribution in [2.45, 2.75) is 19.4 Å². The molecule has 0 aliphatic carbocycles. The Hall–Kier alpha value is 0.177. The standard InChI is InChI=1S/C3H9OSi/c1-2-3-5-4/h4-5H,2-3H2,1H3. The molecule has 0 aromatic carbocycles. The van der Waals surface area contributed by atoms with E-state index in [9.17, 15) is 0 Å². The first-order valence-corrected chi connectivity index (χ1v) is 3.21. The Morgan fingerprint density at radius 2 is 2.40 bits per heavy atom. The van der Waals surface area contributed by atoms with Gasteiger partial charge in [-0.3, -0.25) is 0 Å². The molecule has 5 heavy (non-hydrogen) atoms. The van der Waals surface area contributed by atoms with Gasteiger partial charge in [0, 0.05) is 0 Å². The van der Waals surface area contributed by atoms with Gasteiger partial charge < -0.3 is 4.80 Å². The fourth-order valence-electron chi connectivity index (χ4n) is 0.129. The molecule has 0 aliphatic heterocycles. The van der Waals surface area contributed by atoms with Crippen LogP contribution in [-0.4, -0.2) is 14.6 Å². The van der Waals surface area contributed by atoms with Gasteiger partial charge in [-0.1, -0.05) is 13.3 Å². The van der Waals surface area contributed by atoms with E-state index < -0.39 is 0 Å². The van der Waals surface area contributed by atoms with Crippen LogP contribution in [0.3, 0.4) is 0 Å². The highest BCUT2D eigenvalue weighted by atomic mass is 28.2. The average molecular weight is 89.2 g/mol. The van der Waals surface area contributed by atoms with Crippen LogP contribution in [0.25, 0.3) is 0 Å². The normalized spacial score (nSPS) is 8.40. The van der Waals surface area contributed by atoms with E-state index in [1.807, 2.05) is 0 Å². The van der Waals surface area contributed by atoms with E-state index in [1.165, 1.54) is 0 Å². The van der Waals surface area contributed by atoms with Gasteiger partial charge in [-0.15, -0.1) is 0 Å². The summed E-state index contributed by atoms with van der Waals surface area (Å²) in [4.78, 5) is 8.15. The third-order valence-electron chi connectivity index (χ3n) is 0.418. The van der Waals surface area contributed by atoms with E-state index in [4.69, 9.17) is 4.80 Å². The minimum absolute atomic E-state index is 0.214. The van der Waals surface area contributed by atoms with Crippen molar-refractivity contribution in [2.75, 3.05) is 0 Å². The zero-order valence-electron chi connectivity index (χ0n) is 3.44. The molecule has 0 rings (SSSR count). The number of rotatable bonds is 2.